The lowest BCUT2D eigenvalue weighted by molar-refractivity contribution is 0.0952. The van der Waals surface area contributed by atoms with Crippen molar-refractivity contribution in [3.8, 4) is 0 Å². The SMILES string of the molecule is CC(N)CCNC(=O)c1cccc(S(=O)(=O)N2CCCCC2C)c1.Cl. The van der Waals surface area contributed by atoms with Crippen LogP contribution in [0.3, 0.4) is 0 Å². The third-order valence-corrected chi connectivity index (χ3v) is 6.34. The highest BCUT2D eigenvalue weighted by molar-refractivity contribution is 7.89. The molecule has 1 aromatic rings. The number of nitrogens with zero attached hydrogens (tertiary/aromatic N) is 1. The van der Waals surface area contributed by atoms with E-state index < -0.39 is 10.0 Å². The maximum Gasteiger partial charge on any atom is 0.251 e. The van der Waals surface area contributed by atoms with Crippen molar-refractivity contribution in [2.24, 2.45) is 5.73 Å². The van der Waals surface area contributed by atoms with Gasteiger partial charge in [-0.25, -0.2) is 8.42 Å². The summed E-state index contributed by atoms with van der Waals surface area (Å²) in [4.78, 5) is 12.4. The average molecular weight is 390 g/mol. The zero-order valence-corrected chi connectivity index (χ0v) is 16.4. The van der Waals surface area contributed by atoms with Gasteiger partial charge in [-0.2, -0.15) is 4.31 Å². The molecule has 0 aliphatic carbocycles. The van der Waals surface area contributed by atoms with Crippen LogP contribution in [0.5, 0.6) is 0 Å². The largest absolute Gasteiger partial charge is 0.352 e. The Morgan fingerprint density at radius 3 is 2.76 bits per heavy atom. The highest BCUT2D eigenvalue weighted by atomic mass is 35.5. The molecule has 1 aromatic carbocycles. The molecule has 3 N–H and O–H groups in total. The average Bonchev–Trinajstić information content (AvgIpc) is 2.54. The van der Waals surface area contributed by atoms with Crippen molar-refractivity contribution in [1.29, 1.82) is 0 Å². The summed E-state index contributed by atoms with van der Waals surface area (Å²) in [5.41, 5.74) is 6.01. The molecule has 2 atom stereocenters. The Labute approximate surface area is 156 Å². The first-order valence-electron chi connectivity index (χ1n) is 8.48. The van der Waals surface area contributed by atoms with E-state index in [1.54, 1.807) is 22.5 Å². The lowest BCUT2D eigenvalue weighted by Crippen LogP contribution is -2.42. The summed E-state index contributed by atoms with van der Waals surface area (Å²) in [6.07, 6.45) is 3.47. The quantitative estimate of drug-likeness (QED) is 0.779. The number of hydrogen-bond donors (Lipinski definition) is 2. The molecule has 1 amide bonds. The van der Waals surface area contributed by atoms with E-state index in [9.17, 15) is 13.2 Å². The van der Waals surface area contributed by atoms with Gasteiger partial charge in [0.2, 0.25) is 10.0 Å². The molecule has 0 radical (unpaired) electrons. The van der Waals surface area contributed by atoms with E-state index in [1.807, 2.05) is 13.8 Å². The Morgan fingerprint density at radius 1 is 1.40 bits per heavy atom. The van der Waals surface area contributed by atoms with Gasteiger partial charge in [-0.3, -0.25) is 4.79 Å². The van der Waals surface area contributed by atoms with Gasteiger partial charge in [-0.15, -0.1) is 12.4 Å². The molecule has 1 saturated heterocycles. The molecule has 2 unspecified atom stereocenters. The highest BCUT2D eigenvalue weighted by Crippen LogP contribution is 2.25. The monoisotopic (exact) mass is 389 g/mol. The van der Waals surface area contributed by atoms with E-state index in [1.165, 1.54) is 6.07 Å². The summed E-state index contributed by atoms with van der Waals surface area (Å²) in [7, 11) is -3.57. The topological polar surface area (TPSA) is 92.5 Å². The molecule has 2 rings (SSSR count). The Hall–Kier alpha value is -1.15. The minimum Gasteiger partial charge on any atom is -0.352 e. The number of carbonyl (C=O) groups is 1. The van der Waals surface area contributed by atoms with Gasteiger partial charge in [0.25, 0.3) is 5.91 Å². The first-order valence-corrected chi connectivity index (χ1v) is 9.92. The number of benzene rings is 1. The number of halogens is 1. The number of hydrogen-bond acceptors (Lipinski definition) is 4. The van der Waals surface area contributed by atoms with Gasteiger partial charge in [-0.05, 0) is 51.3 Å². The summed E-state index contributed by atoms with van der Waals surface area (Å²) < 4.78 is 27.3. The van der Waals surface area contributed by atoms with Crippen molar-refractivity contribution >= 4 is 28.3 Å². The second-order valence-corrected chi connectivity index (χ2v) is 8.40. The van der Waals surface area contributed by atoms with Crippen LogP contribution in [-0.2, 0) is 10.0 Å². The van der Waals surface area contributed by atoms with Crippen molar-refractivity contribution in [2.75, 3.05) is 13.1 Å². The molecule has 0 saturated carbocycles. The van der Waals surface area contributed by atoms with Crippen molar-refractivity contribution in [3.63, 3.8) is 0 Å². The molecule has 8 heteroatoms. The molecule has 1 heterocycles. The molecule has 1 fully saturated rings. The standard InChI is InChI=1S/C17H27N3O3S.ClH/c1-13(18)9-10-19-17(21)15-7-5-8-16(12-15)24(22,23)20-11-4-3-6-14(20)2;/h5,7-8,12-14H,3-4,6,9-11,18H2,1-2H3,(H,19,21);1H. The summed E-state index contributed by atoms with van der Waals surface area (Å²) in [5, 5.41) is 2.77. The Balaban J connectivity index is 0.00000312. The van der Waals surface area contributed by atoms with Crippen LogP contribution in [0.2, 0.25) is 0 Å². The lowest BCUT2D eigenvalue weighted by Gasteiger charge is -2.32. The number of carbonyl (C=O) groups excluding carboxylic acids is 1. The fraction of sp³-hybridized carbons (Fsp3) is 0.588. The smallest absolute Gasteiger partial charge is 0.251 e. The Kier molecular flexibility index (Phi) is 8.34. The minimum absolute atomic E-state index is 0. The van der Waals surface area contributed by atoms with Crippen molar-refractivity contribution < 1.29 is 13.2 Å². The van der Waals surface area contributed by atoms with E-state index >= 15 is 0 Å². The number of nitrogens with two attached hydrogens (primary N) is 1. The molecule has 0 bridgehead atoms. The van der Waals surface area contributed by atoms with Gasteiger partial charge >= 0.3 is 0 Å². The van der Waals surface area contributed by atoms with Crippen LogP contribution in [0.25, 0.3) is 0 Å². The molecule has 0 aromatic heterocycles. The summed E-state index contributed by atoms with van der Waals surface area (Å²) in [6.45, 7) is 4.81. The van der Waals surface area contributed by atoms with E-state index in [0.29, 0.717) is 25.1 Å². The van der Waals surface area contributed by atoms with Crippen LogP contribution in [-0.4, -0.2) is 43.8 Å². The minimum atomic E-state index is -3.57. The van der Waals surface area contributed by atoms with Crippen LogP contribution >= 0.6 is 12.4 Å². The molecule has 25 heavy (non-hydrogen) atoms. The maximum absolute atomic E-state index is 12.9. The van der Waals surface area contributed by atoms with Crippen molar-refractivity contribution in [3.05, 3.63) is 29.8 Å². The van der Waals surface area contributed by atoms with Crippen LogP contribution in [0.1, 0.15) is 49.9 Å². The summed E-state index contributed by atoms with van der Waals surface area (Å²) >= 11 is 0. The van der Waals surface area contributed by atoms with Gasteiger partial charge in [-0.1, -0.05) is 12.5 Å². The van der Waals surface area contributed by atoms with Crippen molar-refractivity contribution in [1.82, 2.24) is 9.62 Å². The molecule has 142 valence electrons. The van der Waals surface area contributed by atoms with E-state index in [0.717, 1.165) is 19.3 Å². The fourth-order valence-corrected chi connectivity index (χ4v) is 4.62. The van der Waals surface area contributed by atoms with Crippen LogP contribution < -0.4 is 11.1 Å². The summed E-state index contributed by atoms with van der Waals surface area (Å²) in [5.74, 6) is -0.278. The molecule has 1 aliphatic rings. The van der Waals surface area contributed by atoms with Gasteiger partial charge in [0.15, 0.2) is 0 Å². The number of nitrogens with one attached hydrogen (secondary N) is 1. The number of sulfonamides is 1. The van der Waals surface area contributed by atoms with Gasteiger partial charge in [0.05, 0.1) is 4.90 Å². The van der Waals surface area contributed by atoms with E-state index in [2.05, 4.69) is 5.32 Å². The third kappa shape index (κ3) is 5.67. The second-order valence-electron chi connectivity index (χ2n) is 6.51. The molecular formula is C17H28ClN3O3S. The first-order chi connectivity index (χ1) is 11.3. The van der Waals surface area contributed by atoms with Gasteiger partial charge in [0.1, 0.15) is 0 Å². The molecule has 0 spiro atoms. The fourth-order valence-electron chi connectivity index (χ4n) is 2.88. The maximum atomic E-state index is 12.9. The predicted octanol–water partition coefficient (Wildman–Crippen LogP) is 2.14. The zero-order valence-electron chi connectivity index (χ0n) is 14.8. The molecule has 1 aliphatic heterocycles. The zero-order chi connectivity index (χ0) is 17.7. The third-order valence-electron chi connectivity index (χ3n) is 4.33. The number of piperidine rings is 1. The van der Waals surface area contributed by atoms with Gasteiger partial charge < -0.3 is 11.1 Å². The van der Waals surface area contributed by atoms with Crippen LogP contribution in [0.4, 0.5) is 0 Å². The molecular weight excluding hydrogens is 362 g/mol. The Morgan fingerprint density at radius 2 is 2.12 bits per heavy atom. The van der Waals surface area contributed by atoms with Crippen LogP contribution in [0, 0.1) is 0 Å². The highest BCUT2D eigenvalue weighted by Gasteiger charge is 2.31. The summed E-state index contributed by atoms with van der Waals surface area (Å²) in [6, 6.07) is 6.25. The first kappa shape index (κ1) is 21.9. The van der Waals surface area contributed by atoms with Crippen LogP contribution in [0.15, 0.2) is 29.2 Å². The van der Waals surface area contributed by atoms with Gasteiger partial charge in [0, 0.05) is 30.7 Å². The number of amides is 1. The van der Waals surface area contributed by atoms with E-state index in [-0.39, 0.29) is 35.3 Å². The normalized spacial score (nSPS) is 19.7. The van der Waals surface area contributed by atoms with E-state index in [4.69, 9.17) is 5.73 Å². The second kappa shape index (κ2) is 9.52. The number of rotatable bonds is 6. The van der Waals surface area contributed by atoms with Crippen molar-refractivity contribution in [2.45, 2.75) is 56.5 Å². The predicted molar refractivity (Wildman–Crippen MR) is 101 cm³/mol. The lowest BCUT2D eigenvalue weighted by atomic mass is 10.1. The molecule has 6 nitrogen and oxygen atoms in total. The Bertz CT molecular complexity index is 679.